The van der Waals surface area contributed by atoms with Crippen LogP contribution in [0.15, 0.2) is 10.6 Å². The first-order valence-electron chi connectivity index (χ1n) is 6.90. The van der Waals surface area contributed by atoms with Crippen molar-refractivity contribution in [2.75, 3.05) is 0 Å². The Balaban J connectivity index is 1.81. The van der Waals surface area contributed by atoms with Crippen molar-refractivity contribution in [2.24, 2.45) is 5.92 Å². The predicted molar refractivity (Wildman–Crippen MR) is 69.0 cm³/mol. The number of aromatic nitrogens is 1. The van der Waals surface area contributed by atoms with Crippen LogP contribution >= 0.6 is 0 Å². The Bertz CT molecular complexity index is 392. The maximum absolute atomic E-state index is 11.9. The summed E-state index contributed by atoms with van der Waals surface area (Å²) >= 11 is 0. The predicted octanol–water partition coefficient (Wildman–Crippen LogP) is 2.99. The summed E-state index contributed by atoms with van der Waals surface area (Å²) in [5.41, 5.74) is 0.942. The standard InChI is InChI=1S/C14H22N2O2/c1-10(2)13-8-12(18-16-13)9-15-14(17)11-6-4-3-5-7-11/h8,10-11H,3-7,9H2,1-2H3,(H,15,17). The van der Waals surface area contributed by atoms with Gasteiger partial charge in [0.1, 0.15) is 0 Å². The lowest BCUT2D eigenvalue weighted by molar-refractivity contribution is -0.126. The zero-order chi connectivity index (χ0) is 13.0. The first-order valence-corrected chi connectivity index (χ1v) is 6.90. The van der Waals surface area contributed by atoms with Crippen LogP contribution in [0.3, 0.4) is 0 Å². The third-order valence-electron chi connectivity index (χ3n) is 3.58. The molecule has 1 aromatic rings. The molecule has 0 spiro atoms. The van der Waals surface area contributed by atoms with Gasteiger partial charge in [-0.3, -0.25) is 4.79 Å². The topological polar surface area (TPSA) is 55.1 Å². The van der Waals surface area contributed by atoms with Gasteiger partial charge in [0, 0.05) is 12.0 Å². The summed E-state index contributed by atoms with van der Waals surface area (Å²) in [6.45, 7) is 4.60. The molecule has 1 heterocycles. The van der Waals surface area contributed by atoms with Gasteiger partial charge in [-0.2, -0.15) is 0 Å². The minimum Gasteiger partial charge on any atom is -0.359 e. The molecular formula is C14H22N2O2. The van der Waals surface area contributed by atoms with Gasteiger partial charge >= 0.3 is 0 Å². The molecule has 4 heteroatoms. The summed E-state index contributed by atoms with van der Waals surface area (Å²) in [6, 6.07) is 1.92. The zero-order valence-electron chi connectivity index (χ0n) is 11.2. The van der Waals surface area contributed by atoms with Crippen LogP contribution in [-0.2, 0) is 11.3 Å². The second-order valence-electron chi connectivity index (χ2n) is 5.43. The highest BCUT2D eigenvalue weighted by molar-refractivity contribution is 5.78. The number of nitrogens with one attached hydrogen (secondary N) is 1. The molecule has 1 amide bonds. The van der Waals surface area contributed by atoms with E-state index in [9.17, 15) is 4.79 Å². The van der Waals surface area contributed by atoms with E-state index < -0.39 is 0 Å². The van der Waals surface area contributed by atoms with E-state index in [1.54, 1.807) is 0 Å². The third-order valence-corrected chi connectivity index (χ3v) is 3.58. The summed E-state index contributed by atoms with van der Waals surface area (Å²) in [4.78, 5) is 11.9. The fourth-order valence-corrected chi connectivity index (χ4v) is 2.37. The van der Waals surface area contributed by atoms with Gasteiger partial charge in [-0.1, -0.05) is 38.3 Å². The first kappa shape index (κ1) is 13.1. The molecule has 1 saturated carbocycles. The average molecular weight is 250 g/mol. The molecule has 0 unspecified atom stereocenters. The fraction of sp³-hybridized carbons (Fsp3) is 0.714. The van der Waals surface area contributed by atoms with Gasteiger partial charge in [-0.15, -0.1) is 0 Å². The molecule has 0 bridgehead atoms. The molecule has 0 atom stereocenters. The largest absolute Gasteiger partial charge is 0.359 e. The van der Waals surface area contributed by atoms with Crippen molar-refractivity contribution in [2.45, 2.75) is 58.4 Å². The van der Waals surface area contributed by atoms with Crippen LogP contribution in [0.4, 0.5) is 0 Å². The monoisotopic (exact) mass is 250 g/mol. The quantitative estimate of drug-likeness (QED) is 0.893. The average Bonchev–Trinajstić information content (AvgIpc) is 2.86. The smallest absolute Gasteiger partial charge is 0.223 e. The number of carbonyl (C=O) groups is 1. The molecule has 2 rings (SSSR count). The van der Waals surface area contributed by atoms with Gasteiger partial charge < -0.3 is 9.84 Å². The Hall–Kier alpha value is -1.32. The maximum atomic E-state index is 11.9. The Labute approximate surface area is 108 Å². The Morgan fingerprint density at radius 3 is 2.78 bits per heavy atom. The molecule has 1 aliphatic rings. The van der Waals surface area contributed by atoms with Crippen molar-refractivity contribution >= 4 is 5.91 Å². The molecule has 100 valence electrons. The summed E-state index contributed by atoms with van der Waals surface area (Å²) in [7, 11) is 0. The molecule has 0 aromatic carbocycles. The minimum atomic E-state index is 0.164. The molecule has 1 N–H and O–H groups in total. The lowest BCUT2D eigenvalue weighted by Gasteiger charge is -2.20. The van der Waals surface area contributed by atoms with E-state index in [4.69, 9.17) is 4.52 Å². The number of nitrogens with zero attached hydrogens (tertiary/aromatic N) is 1. The van der Waals surface area contributed by atoms with E-state index in [-0.39, 0.29) is 11.8 Å². The van der Waals surface area contributed by atoms with Gasteiger partial charge in [-0.25, -0.2) is 0 Å². The third kappa shape index (κ3) is 3.34. The van der Waals surface area contributed by atoms with Crippen molar-refractivity contribution in [3.8, 4) is 0 Å². The summed E-state index contributed by atoms with van der Waals surface area (Å²) < 4.78 is 5.20. The normalized spacial score (nSPS) is 17.1. The van der Waals surface area contributed by atoms with Crippen LogP contribution in [0.2, 0.25) is 0 Å². The molecule has 1 aromatic heterocycles. The van der Waals surface area contributed by atoms with E-state index >= 15 is 0 Å². The zero-order valence-corrected chi connectivity index (χ0v) is 11.2. The molecule has 4 nitrogen and oxygen atoms in total. The van der Waals surface area contributed by atoms with Crippen molar-refractivity contribution in [3.05, 3.63) is 17.5 Å². The van der Waals surface area contributed by atoms with E-state index in [2.05, 4.69) is 24.3 Å². The Kier molecular flexibility index (Phi) is 4.39. The Morgan fingerprint density at radius 2 is 2.17 bits per heavy atom. The molecule has 1 fully saturated rings. The fourth-order valence-electron chi connectivity index (χ4n) is 2.37. The SMILES string of the molecule is CC(C)c1cc(CNC(=O)C2CCCCC2)on1. The minimum absolute atomic E-state index is 0.164. The number of hydrogen-bond acceptors (Lipinski definition) is 3. The van der Waals surface area contributed by atoms with Gasteiger partial charge in [0.25, 0.3) is 0 Å². The van der Waals surface area contributed by atoms with Crippen molar-refractivity contribution in [1.82, 2.24) is 10.5 Å². The van der Waals surface area contributed by atoms with Crippen LogP contribution in [0.1, 0.15) is 63.3 Å². The molecule has 18 heavy (non-hydrogen) atoms. The highest BCUT2D eigenvalue weighted by Crippen LogP contribution is 2.23. The van der Waals surface area contributed by atoms with Gasteiger partial charge in [0.05, 0.1) is 12.2 Å². The van der Waals surface area contributed by atoms with Crippen LogP contribution in [0.25, 0.3) is 0 Å². The lowest BCUT2D eigenvalue weighted by Crippen LogP contribution is -2.31. The van der Waals surface area contributed by atoms with Crippen LogP contribution in [0.5, 0.6) is 0 Å². The number of rotatable bonds is 4. The van der Waals surface area contributed by atoms with Gasteiger partial charge in [0.15, 0.2) is 5.76 Å². The molecular weight excluding hydrogens is 228 g/mol. The van der Waals surface area contributed by atoms with E-state index in [1.807, 2.05) is 6.07 Å². The molecule has 1 aliphatic carbocycles. The lowest BCUT2D eigenvalue weighted by atomic mass is 9.89. The number of amides is 1. The molecule has 0 radical (unpaired) electrons. The Morgan fingerprint density at radius 1 is 1.44 bits per heavy atom. The van der Waals surface area contributed by atoms with E-state index in [0.717, 1.165) is 24.3 Å². The highest BCUT2D eigenvalue weighted by Gasteiger charge is 2.21. The summed E-state index contributed by atoms with van der Waals surface area (Å²) in [5.74, 6) is 1.46. The van der Waals surface area contributed by atoms with Crippen LogP contribution in [0, 0.1) is 5.92 Å². The van der Waals surface area contributed by atoms with Gasteiger partial charge in [-0.05, 0) is 18.8 Å². The van der Waals surface area contributed by atoms with Crippen LogP contribution < -0.4 is 5.32 Å². The van der Waals surface area contributed by atoms with Crippen molar-refractivity contribution in [3.63, 3.8) is 0 Å². The first-order chi connectivity index (χ1) is 8.66. The number of hydrogen-bond donors (Lipinski definition) is 1. The maximum Gasteiger partial charge on any atom is 0.223 e. The second-order valence-corrected chi connectivity index (χ2v) is 5.43. The van der Waals surface area contributed by atoms with Gasteiger partial charge in [0.2, 0.25) is 5.91 Å². The molecule has 0 aliphatic heterocycles. The van der Waals surface area contributed by atoms with Crippen molar-refractivity contribution < 1.29 is 9.32 Å². The van der Waals surface area contributed by atoms with E-state index in [0.29, 0.717) is 12.5 Å². The van der Waals surface area contributed by atoms with Crippen LogP contribution in [-0.4, -0.2) is 11.1 Å². The van der Waals surface area contributed by atoms with Crippen molar-refractivity contribution in [1.29, 1.82) is 0 Å². The molecule has 0 saturated heterocycles. The highest BCUT2D eigenvalue weighted by atomic mass is 16.5. The number of carbonyl (C=O) groups excluding carboxylic acids is 1. The summed E-state index contributed by atoms with van der Waals surface area (Å²) in [5, 5.41) is 6.93. The van der Waals surface area contributed by atoms with E-state index in [1.165, 1.54) is 19.3 Å². The second kappa shape index (κ2) is 6.03. The summed E-state index contributed by atoms with van der Waals surface area (Å²) in [6.07, 6.45) is 5.68.